The van der Waals surface area contributed by atoms with E-state index in [-0.39, 0.29) is 5.91 Å². The minimum atomic E-state index is 0.213. The van der Waals surface area contributed by atoms with E-state index in [1.54, 1.807) is 0 Å². The Kier molecular flexibility index (Phi) is 7.21. The van der Waals surface area contributed by atoms with Crippen molar-refractivity contribution in [1.29, 1.82) is 0 Å². The maximum absolute atomic E-state index is 11.4. The van der Waals surface area contributed by atoms with Crippen LogP contribution in [0.3, 0.4) is 0 Å². The first-order chi connectivity index (χ1) is 8.22. The Morgan fingerprint density at radius 2 is 1.88 bits per heavy atom. The van der Waals surface area contributed by atoms with Crippen LogP contribution in [-0.4, -0.2) is 62.0 Å². The van der Waals surface area contributed by atoms with Gasteiger partial charge in [-0.25, -0.2) is 0 Å². The number of hydrogen-bond acceptors (Lipinski definition) is 3. The Morgan fingerprint density at radius 1 is 1.18 bits per heavy atom. The summed E-state index contributed by atoms with van der Waals surface area (Å²) in [6.45, 7) is 8.75. The average molecular weight is 241 g/mol. The van der Waals surface area contributed by atoms with E-state index in [2.05, 4.69) is 29.1 Å². The molecule has 1 amide bonds. The number of rotatable bonds is 7. The van der Waals surface area contributed by atoms with Crippen LogP contribution in [0.15, 0.2) is 0 Å². The molecule has 1 aliphatic heterocycles. The van der Waals surface area contributed by atoms with Gasteiger partial charge in [0, 0.05) is 39.1 Å². The van der Waals surface area contributed by atoms with E-state index in [0.29, 0.717) is 6.42 Å². The second-order valence-corrected chi connectivity index (χ2v) is 4.95. The summed E-state index contributed by atoms with van der Waals surface area (Å²) in [5.74, 6) is 0.213. The molecule has 17 heavy (non-hydrogen) atoms. The first kappa shape index (κ1) is 14.5. The smallest absolute Gasteiger partial charge is 0.219 e. The minimum absolute atomic E-state index is 0.213. The molecule has 1 N–H and O–H groups in total. The number of amides is 1. The number of hydrogen-bond donors (Lipinski definition) is 1. The fraction of sp³-hybridized carbons (Fsp3) is 0.923. The normalized spacial score (nSPS) is 18.2. The van der Waals surface area contributed by atoms with Crippen LogP contribution in [0.1, 0.15) is 32.6 Å². The van der Waals surface area contributed by atoms with Gasteiger partial charge in [0.1, 0.15) is 0 Å². The summed E-state index contributed by atoms with van der Waals surface area (Å²) in [5, 5.41) is 2.92. The van der Waals surface area contributed by atoms with Crippen LogP contribution in [0.4, 0.5) is 0 Å². The van der Waals surface area contributed by atoms with Crippen LogP contribution in [0.25, 0.3) is 0 Å². The van der Waals surface area contributed by atoms with Crippen molar-refractivity contribution in [3.8, 4) is 0 Å². The van der Waals surface area contributed by atoms with Gasteiger partial charge < -0.3 is 15.1 Å². The van der Waals surface area contributed by atoms with Gasteiger partial charge in [0.2, 0.25) is 5.91 Å². The molecule has 4 nitrogen and oxygen atoms in total. The molecule has 100 valence electrons. The van der Waals surface area contributed by atoms with E-state index in [4.69, 9.17) is 0 Å². The molecule has 0 atom stereocenters. The second kappa shape index (κ2) is 8.48. The van der Waals surface area contributed by atoms with E-state index < -0.39 is 0 Å². The predicted octanol–water partition coefficient (Wildman–Crippen LogP) is 0.930. The Hall–Kier alpha value is -0.610. The molecule has 0 aromatic rings. The Bertz CT molecular complexity index is 213. The van der Waals surface area contributed by atoms with Crippen molar-refractivity contribution >= 4 is 5.91 Å². The molecule has 1 rings (SSSR count). The molecule has 0 saturated carbocycles. The molecular weight excluding hydrogens is 214 g/mol. The Morgan fingerprint density at radius 3 is 2.53 bits per heavy atom. The standard InChI is InChI=1S/C13H27N3O/c1-3-7-14-13(17)6-4-5-8-16-11-9-15(2)10-12-16/h3-12H2,1-2H3,(H,14,17). The predicted molar refractivity (Wildman–Crippen MR) is 71.1 cm³/mol. The first-order valence-electron chi connectivity index (χ1n) is 6.90. The van der Waals surface area contributed by atoms with Crippen molar-refractivity contribution < 1.29 is 4.79 Å². The molecular formula is C13H27N3O. The number of carbonyl (C=O) groups is 1. The molecule has 0 spiro atoms. The highest BCUT2D eigenvalue weighted by molar-refractivity contribution is 5.75. The largest absolute Gasteiger partial charge is 0.356 e. The van der Waals surface area contributed by atoms with Gasteiger partial charge in [-0.05, 0) is 32.9 Å². The maximum Gasteiger partial charge on any atom is 0.219 e. The molecule has 0 unspecified atom stereocenters. The molecule has 0 aromatic carbocycles. The van der Waals surface area contributed by atoms with Crippen LogP contribution in [0.2, 0.25) is 0 Å². The number of likely N-dealkylation sites (N-methyl/N-ethyl adjacent to an activating group) is 1. The van der Waals surface area contributed by atoms with Crippen LogP contribution in [0.5, 0.6) is 0 Å². The third-order valence-electron chi connectivity index (χ3n) is 3.30. The van der Waals surface area contributed by atoms with E-state index in [1.807, 2.05) is 0 Å². The quantitative estimate of drug-likeness (QED) is 0.674. The lowest BCUT2D eigenvalue weighted by molar-refractivity contribution is -0.121. The molecule has 0 bridgehead atoms. The summed E-state index contributed by atoms with van der Waals surface area (Å²) in [6.07, 6.45) is 3.87. The van der Waals surface area contributed by atoms with E-state index in [1.165, 1.54) is 26.2 Å². The lowest BCUT2D eigenvalue weighted by Gasteiger charge is -2.32. The van der Waals surface area contributed by atoms with Crippen molar-refractivity contribution in [2.24, 2.45) is 0 Å². The molecule has 1 aliphatic rings. The van der Waals surface area contributed by atoms with Crippen molar-refractivity contribution in [3.63, 3.8) is 0 Å². The number of carbonyl (C=O) groups excluding carboxylic acids is 1. The summed E-state index contributed by atoms with van der Waals surface area (Å²) in [4.78, 5) is 16.2. The van der Waals surface area contributed by atoms with Gasteiger partial charge in [0.15, 0.2) is 0 Å². The van der Waals surface area contributed by atoms with Crippen LogP contribution in [0, 0.1) is 0 Å². The highest BCUT2D eigenvalue weighted by atomic mass is 16.1. The molecule has 0 aliphatic carbocycles. The fourth-order valence-corrected chi connectivity index (χ4v) is 2.05. The molecule has 1 heterocycles. The molecule has 0 radical (unpaired) electrons. The first-order valence-corrected chi connectivity index (χ1v) is 6.90. The van der Waals surface area contributed by atoms with Crippen LogP contribution in [-0.2, 0) is 4.79 Å². The zero-order chi connectivity index (χ0) is 12.5. The van der Waals surface area contributed by atoms with Crippen LogP contribution < -0.4 is 5.32 Å². The van der Waals surface area contributed by atoms with Gasteiger partial charge in [-0.2, -0.15) is 0 Å². The molecule has 1 fully saturated rings. The number of unbranched alkanes of at least 4 members (excludes halogenated alkanes) is 1. The summed E-state index contributed by atoms with van der Waals surface area (Å²) in [7, 11) is 2.18. The third-order valence-corrected chi connectivity index (χ3v) is 3.30. The monoisotopic (exact) mass is 241 g/mol. The van der Waals surface area contributed by atoms with Crippen molar-refractivity contribution in [3.05, 3.63) is 0 Å². The molecule has 1 saturated heterocycles. The topological polar surface area (TPSA) is 35.6 Å². The lowest BCUT2D eigenvalue weighted by atomic mass is 10.2. The van der Waals surface area contributed by atoms with Gasteiger partial charge in [-0.1, -0.05) is 6.92 Å². The summed E-state index contributed by atoms with van der Waals surface area (Å²) in [5.41, 5.74) is 0. The van der Waals surface area contributed by atoms with Gasteiger partial charge in [-0.3, -0.25) is 4.79 Å². The van der Waals surface area contributed by atoms with Crippen molar-refractivity contribution in [2.45, 2.75) is 32.6 Å². The van der Waals surface area contributed by atoms with Crippen LogP contribution >= 0.6 is 0 Å². The fourth-order valence-electron chi connectivity index (χ4n) is 2.05. The van der Waals surface area contributed by atoms with Gasteiger partial charge in [0.25, 0.3) is 0 Å². The summed E-state index contributed by atoms with van der Waals surface area (Å²) >= 11 is 0. The number of nitrogens with zero attached hydrogens (tertiary/aromatic N) is 2. The molecule has 4 heteroatoms. The zero-order valence-corrected chi connectivity index (χ0v) is 11.4. The van der Waals surface area contributed by atoms with Crippen molar-refractivity contribution in [2.75, 3.05) is 46.3 Å². The summed E-state index contributed by atoms with van der Waals surface area (Å²) < 4.78 is 0. The Balaban J connectivity index is 1.95. The van der Waals surface area contributed by atoms with Crippen molar-refractivity contribution in [1.82, 2.24) is 15.1 Å². The third kappa shape index (κ3) is 6.64. The van der Waals surface area contributed by atoms with Gasteiger partial charge in [-0.15, -0.1) is 0 Å². The molecule has 0 aromatic heterocycles. The SMILES string of the molecule is CCCNC(=O)CCCCN1CCN(C)CC1. The minimum Gasteiger partial charge on any atom is -0.356 e. The van der Waals surface area contributed by atoms with E-state index >= 15 is 0 Å². The Labute approximate surface area is 105 Å². The number of nitrogens with one attached hydrogen (secondary N) is 1. The lowest BCUT2D eigenvalue weighted by Crippen LogP contribution is -2.44. The van der Waals surface area contributed by atoms with E-state index in [9.17, 15) is 4.79 Å². The zero-order valence-electron chi connectivity index (χ0n) is 11.4. The van der Waals surface area contributed by atoms with E-state index in [0.717, 1.165) is 32.4 Å². The average Bonchev–Trinajstić information content (AvgIpc) is 2.34. The summed E-state index contributed by atoms with van der Waals surface area (Å²) in [6, 6.07) is 0. The highest BCUT2D eigenvalue weighted by Crippen LogP contribution is 2.03. The highest BCUT2D eigenvalue weighted by Gasteiger charge is 2.12. The van der Waals surface area contributed by atoms with Gasteiger partial charge >= 0.3 is 0 Å². The number of piperazine rings is 1. The van der Waals surface area contributed by atoms with Gasteiger partial charge in [0.05, 0.1) is 0 Å². The second-order valence-electron chi connectivity index (χ2n) is 4.95. The maximum atomic E-state index is 11.4.